The number of carbonyl (C=O) groups excluding carboxylic acids is 3. The molecule has 0 amide bonds. The van der Waals surface area contributed by atoms with Crippen molar-refractivity contribution >= 4 is 17.9 Å². The van der Waals surface area contributed by atoms with E-state index in [2.05, 4.69) is 81.5 Å². The maximum Gasteiger partial charge on any atom is 0.306 e. The number of allylic oxidation sites excluding steroid dienone is 10. The highest BCUT2D eigenvalue weighted by Crippen LogP contribution is 2.17. The summed E-state index contributed by atoms with van der Waals surface area (Å²) >= 11 is 0. The normalized spacial score (nSPS) is 12.4. The zero-order chi connectivity index (χ0) is 54.3. The number of hydrogen-bond donors (Lipinski definition) is 0. The third kappa shape index (κ3) is 61.8. The molecule has 0 aromatic rings. The van der Waals surface area contributed by atoms with Crippen molar-refractivity contribution in [2.24, 2.45) is 0 Å². The number of unbranched alkanes of at least 4 members (excludes halogenated alkanes) is 39. The summed E-state index contributed by atoms with van der Waals surface area (Å²) in [5.41, 5.74) is 0. The summed E-state index contributed by atoms with van der Waals surface area (Å²) in [7, 11) is 0. The van der Waals surface area contributed by atoms with Crippen LogP contribution in [0.5, 0.6) is 0 Å². The second-order valence-electron chi connectivity index (χ2n) is 22.0. The average Bonchev–Trinajstić information content (AvgIpc) is 3.41. The van der Waals surface area contributed by atoms with E-state index in [1.165, 1.54) is 225 Å². The van der Waals surface area contributed by atoms with Gasteiger partial charge in [-0.15, -0.1) is 0 Å². The Balaban J connectivity index is 4.36. The summed E-state index contributed by atoms with van der Waals surface area (Å²) in [6, 6.07) is 0. The number of rotatable bonds is 60. The zero-order valence-corrected chi connectivity index (χ0v) is 50.1. The van der Waals surface area contributed by atoms with Crippen LogP contribution < -0.4 is 0 Å². The van der Waals surface area contributed by atoms with Gasteiger partial charge in [0.05, 0.1) is 0 Å². The fraction of sp³-hybridized carbons (Fsp3) is 0.812. The maximum atomic E-state index is 12.9. The molecular formula is C69H124O6. The average molecular weight is 1050 g/mol. The van der Waals surface area contributed by atoms with Crippen LogP contribution >= 0.6 is 0 Å². The lowest BCUT2D eigenvalue weighted by Crippen LogP contribution is -2.30. The molecule has 0 saturated heterocycles. The Kier molecular flexibility index (Phi) is 61.2. The molecule has 0 bridgehead atoms. The first-order valence-electron chi connectivity index (χ1n) is 32.8. The predicted molar refractivity (Wildman–Crippen MR) is 325 cm³/mol. The summed E-state index contributed by atoms with van der Waals surface area (Å²) in [5.74, 6) is -0.871. The van der Waals surface area contributed by atoms with Crippen LogP contribution in [0.2, 0.25) is 0 Å². The summed E-state index contributed by atoms with van der Waals surface area (Å²) < 4.78 is 17.0. The Bertz CT molecular complexity index is 1340. The van der Waals surface area contributed by atoms with E-state index < -0.39 is 6.10 Å². The largest absolute Gasteiger partial charge is 0.462 e. The Morgan fingerprint density at radius 1 is 0.267 bits per heavy atom. The molecule has 0 fully saturated rings. The van der Waals surface area contributed by atoms with Gasteiger partial charge in [-0.05, 0) is 109 Å². The first kappa shape index (κ1) is 72.1. The Morgan fingerprint density at radius 3 is 0.773 bits per heavy atom. The Labute approximate surface area is 466 Å². The van der Waals surface area contributed by atoms with Gasteiger partial charge in [0.2, 0.25) is 0 Å². The van der Waals surface area contributed by atoms with E-state index in [-0.39, 0.29) is 31.1 Å². The van der Waals surface area contributed by atoms with Gasteiger partial charge in [0.25, 0.3) is 0 Å². The van der Waals surface area contributed by atoms with Gasteiger partial charge in [0.1, 0.15) is 13.2 Å². The summed E-state index contributed by atoms with van der Waals surface area (Å²) in [5, 5.41) is 0. The quantitative estimate of drug-likeness (QED) is 0.0261. The van der Waals surface area contributed by atoms with E-state index in [4.69, 9.17) is 14.2 Å². The van der Waals surface area contributed by atoms with E-state index in [0.29, 0.717) is 19.3 Å². The molecule has 0 N–H and O–H groups in total. The topological polar surface area (TPSA) is 78.9 Å². The minimum atomic E-state index is -0.781. The van der Waals surface area contributed by atoms with Crippen LogP contribution in [0.4, 0.5) is 0 Å². The van der Waals surface area contributed by atoms with Crippen molar-refractivity contribution in [1.29, 1.82) is 0 Å². The number of ether oxygens (including phenoxy) is 3. The van der Waals surface area contributed by atoms with Crippen LogP contribution in [-0.2, 0) is 28.6 Å². The fourth-order valence-electron chi connectivity index (χ4n) is 9.50. The highest BCUT2D eigenvalue weighted by atomic mass is 16.6. The van der Waals surface area contributed by atoms with Crippen molar-refractivity contribution in [3.8, 4) is 0 Å². The van der Waals surface area contributed by atoms with Crippen LogP contribution in [0.3, 0.4) is 0 Å². The monoisotopic (exact) mass is 1050 g/mol. The van der Waals surface area contributed by atoms with Gasteiger partial charge >= 0.3 is 17.9 Å². The van der Waals surface area contributed by atoms with Crippen molar-refractivity contribution in [1.82, 2.24) is 0 Å². The second-order valence-corrected chi connectivity index (χ2v) is 22.0. The molecule has 75 heavy (non-hydrogen) atoms. The van der Waals surface area contributed by atoms with Crippen LogP contribution in [0.1, 0.15) is 342 Å². The second kappa shape index (κ2) is 63.6. The SMILES string of the molecule is CCCCC/C=C\C/C=C\CCCCCCCCCCCC(=O)O[C@H](COC(=O)CCCCCCCCC/C=C\C/C=C\CCCCC)COC(=O)CCCCCCCCCCCCC/C=C\CCCCCCCC. The molecule has 436 valence electrons. The molecule has 0 aliphatic rings. The molecule has 0 heterocycles. The molecule has 0 saturated carbocycles. The number of carbonyl (C=O) groups is 3. The summed E-state index contributed by atoms with van der Waals surface area (Å²) in [4.78, 5) is 38.4. The molecule has 0 aliphatic carbocycles. The predicted octanol–water partition coefficient (Wildman–Crippen LogP) is 22.3. The van der Waals surface area contributed by atoms with Crippen molar-refractivity contribution < 1.29 is 28.6 Å². The molecule has 0 rings (SSSR count). The Hall–Kier alpha value is -2.89. The lowest BCUT2D eigenvalue weighted by Gasteiger charge is -2.18. The van der Waals surface area contributed by atoms with Crippen LogP contribution in [0.15, 0.2) is 60.8 Å². The van der Waals surface area contributed by atoms with Gasteiger partial charge < -0.3 is 14.2 Å². The van der Waals surface area contributed by atoms with Gasteiger partial charge in [-0.25, -0.2) is 0 Å². The van der Waals surface area contributed by atoms with Gasteiger partial charge in [0, 0.05) is 19.3 Å². The molecule has 6 heteroatoms. The van der Waals surface area contributed by atoms with Crippen LogP contribution in [0.25, 0.3) is 0 Å². The van der Waals surface area contributed by atoms with E-state index in [1.807, 2.05) is 0 Å². The molecule has 0 aliphatic heterocycles. The molecule has 0 aromatic heterocycles. The molecule has 0 spiro atoms. The smallest absolute Gasteiger partial charge is 0.306 e. The molecular weight excluding hydrogens is 925 g/mol. The third-order valence-corrected chi connectivity index (χ3v) is 14.5. The summed E-state index contributed by atoms with van der Waals surface area (Å²) in [6.45, 7) is 6.62. The van der Waals surface area contributed by atoms with Gasteiger partial charge in [0.15, 0.2) is 6.10 Å². The van der Waals surface area contributed by atoms with Gasteiger partial charge in [-0.3, -0.25) is 14.4 Å². The zero-order valence-electron chi connectivity index (χ0n) is 50.1. The van der Waals surface area contributed by atoms with E-state index >= 15 is 0 Å². The first-order chi connectivity index (χ1) is 37.0. The van der Waals surface area contributed by atoms with E-state index in [9.17, 15) is 14.4 Å². The standard InChI is InChI=1S/C69H124O6/c1-4-7-10-13-16-19-22-25-28-31-33-34-36-38-41-44-47-50-53-56-59-62-68(71)74-65-66(64-73-67(70)61-58-55-52-49-46-43-40-37-30-27-24-21-18-15-12-9-6-3)75-69(72)63-60-57-54-51-48-45-42-39-35-32-29-26-23-20-17-14-11-8-5-2/h17-18,20-21,25-30,66H,4-16,19,22-24,31-65H2,1-3H3/b20-17-,21-18-,28-25-,29-26-,30-27-/t66-/m1/s1. The summed E-state index contributed by atoms with van der Waals surface area (Å²) in [6.07, 6.45) is 80.7. The van der Waals surface area contributed by atoms with Crippen LogP contribution in [-0.4, -0.2) is 37.2 Å². The van der Waals surface area contributed by atoms with E-state index in [1.54, 1.807) is 0 Å². The lowest BCUT2D eigenvalue weighted by molar-refractivity contribution is -0.167. The molecule has 6 nitrogen and oxygen atoms in total. The molecule has 0 radical (unpaired) electrons. The minimum Gasteiger partial charge on any atom is -0.462 e. The van der Waals surface area contributed by atoms with Crippen molar-refractivity contribution in [3.05, 3.63) is 60.8 Å². The van der Waals surface area contributed by atoms with Crippen molar-refractivity contribution in [3.63, 3.8) is 0 Å². The molecule has 0 aromatic carbocycles. The highest BCUT2D eigenvalue weighted by molar-refractivity contribution is 5.71. The minimum absolute atomic E-state index is 0.0768. The van der Waals surface area contributed by atoms with Crippen molar-refractivity contribution in [2.75, 3.05) is 13.2 Å². The van der Waals surface area contributed by atoms with Gasteiger partial charge in [-0.2, -0.15) is 0 Å². The first-order valence-corrected chi connectivity index (χ1v) is 32.8. The van der Waals surface area contributed by atoms with E-state index in [0.717, 1.165) is 77.0 Å². The Morgan fingerprint density at radius 2 is 0.480 bits per heavy atom. The van der Waals surface area contributed by atoms with Crippen molar-refractivity contribution in [2.45, 2.75) is 348 Å². The van der Waals surface area contributed by atoms with Crippen LogP contribution in [0, 0.1) is 0 Å². The molecule has 1 atom stereocenters. The molecule has 0 unspecified atom stereocenters. The van der Waals surface area contributed by atoms with Gasteiger partial charge in [-0.1, -0.05) is 274 Å². The lowest BCUT2D eigenvalue weighted by atomic mass is 10.0. The number of esters is 3. The number of hydrogen-bond acceptors (Lipinski definition) is 6. The third-order valence-electron chi connectivity index (χ3n) is 14.5. The fourth-order valence-corrected chi connectivity index (χ4v) is 9.50. The highest BCUT2D eigenvalue weighted by Gasteiger charge is 2.19. The maximum absolute atomic E-state index is 12.9.